The number of urea groups is 1. The minimum atomic E-state index is -1.04. The van der Waals surface area contributed by atoms with Crippen molar-refractivity contribution in [2.24, 2.45) is 0 Å². The van der Waals surface area contributed by atoms with Gasteiger partial charge in [0.15, 0.2) is 17.3 Å². The second kappa shape index (κ2) is 10.2. The van der Waals surface area contributed by atoms with Crippen molar-refractivity contribution < 1.29 is 19.0 Å². The molecule has 42 heavy (non-hydrogen) atoms. The highest BCUT2D eigenvalue weighted by Gasteiger charge is 2.46. The van der Waals surface area contributed by atoms with Crippen molar-refractivity contribution in [3.8, 4) is 5.75 Å². The van der Waals surface area contributed by atoms with Crippen molar-refractivity contribution >= 4 is 17.5 Å². The van der Waals surface area contributed by atoms with Crippen molar-refractivity contribution in [3.05, 3.63) is 77.6 Å². The number of β-amino-alcohol motifs (C(OH)–C–C–N with tert-alkyl or cyclic N) is 1. The number of hydrogen-bond donors (Lipinski definition) is 2. The number of hydrogen-bond acceptors (Lipinski definition) is 8. The summed E-state index contributed by atoms with van der Waals surface area (Å²) in [7, 11) is 0. The fraction of sp³-hybridized carbons (Fsp3) is 0.433. The molecule has 1 saturated carbocycles. The molecule has 5 heterocycles. The molecule has 1 atom stereocenters. The number of rotatable bonds is 8. The Labute approximate surface area is 242 Å². The summed E-state index contributed by atoms with van der Waals surface area (Å²) in [6.45, 7) is 4.40. The molecule has 2 aliphatic heterocycles. The number of carbonyl (C=O) groups is 1. The van der Waals surface area contributed by atoms with E-state index in [2.05, 4.69) is 49.9 Å². The maximum absolute atomic E-state index is 13.1. The van der Waals surface area contributed by atoms with Crippen molar-refractivity contribution in [1.29, 1.82) is 0 Å². The number of carbonyl (C=O) groups excluding carboxylic acids is 1. The molecule has 3 aromatic heterocycles. The number of nitrogens with one attached hydrogen (secondary N) is 1. The third-order valence-corrected chi connectivity index (χ3v) is 8.87. The highest BCUT2D eigenvalue weighted by Crippen LogP contribution is 2.48. The van der Waals surface area contributed by atoms with Crippen LogP contribution in [0.5, 0.6) is 5.75 Å². The second-order valence-electron chi connectivity index (χ2n) is 11.8. The standard InChI is InChI=1S/C30H33FN8O3/c1-20-15-22(42-19-29(9-10-29)21-5-3-2-4-6-21)16-39-27(20)32-26(36-39)23(40)17-38-18-30(33-28(38)41)11-13-37(14-12-30)25-8-7-24(31)34-35-25/h2-8,15-16,23,40H,9-14,17-19H2,1H3,(H,33,41). The first-order valence-corrected chi connectivity index (χ1v) is 14.4. The van der Waals surface area contributed by atoms with Crippen LogP contribution in [0.2, 0.25) is 0 Å². The molecule has 11 nitrogen and oxygen atoms in total. The third kappa shape index (κ3) is 5.00. The molecule has 0 bridgehead atoms. The monoisotopic (exact) mass is 572 g/mol. The van der Waals surface area contributed by atoms with Crippen LogP contribution in [-0.4, -0.2) is 79.2 Å². The largest absolute Gasteiger partial charge is 0.491 e. The van der Waals surface area contributed by atoms with Crippen LogP contribution in [0.3, 0.4) is 0 Å². The maximum atomic E-state index is 13.1. The first-order valence-electron chi connectivity index (χ1n) is 14.4. The number of aliphatic hydroxyl groups is 1. The van der Waals surface area contributed by atoms with E-state index in [1.807, 2.05) is 24.0 Å². The number of pyridine rings is 1. The highest BCUT2D eigenvalue weighted by molar-refractivity contribution is 5.78. The molecule has 3 fully saturated rings. The van der Waals surface area contributed by atoms with Crippen LogP contribution in [-0.2, 0) is 5.41 Å². The molecule has 2 amide bonds. The molecule has 1 aromatic carbocycles. The van der Waals surface area contributed by atoms with Crippen LogP contribution in [0, 0.1) is 12.9 Å². The van der Waals surface area contributed by atoms with E-state index in [4.69, 9.17) is 4.74 Å². The molecule has 2 saturated heterocycles. The molecule has 12 heteroatoms. The Morgan fingerprint density at radius 1 is 1.10 bits per heavy atom. The predicted octanol–water partition coefficient (Wildman–Crippen LogP) is 3.18. The quantitative estimate of drug-likeness (QED) is 0.330. The molecule has 218 valence electrons. The maximum Gasteiger partial charge on any atom is 0.318 e. The van der Waals surface area contributed by atoms with Gasteiger partial charge >= 0.3 is 6.03 Å². The van der Waals surface area contributed by atoms with Crippen LogP contribution in [0.25, 0.3) is 5.65 Å². The third-order valence-electron chi connectivity index (χ3n) is 8.87. The summed E-state index contributed by atoms with van der Waals surface area (Å²) < 4.78 is 21.0. The number of anilines is 1. The van der Waals surface area contributed by atoms with Crippen LogP contribution < -0.4 is 15.0 Å². The second-order valence-corrected chi connectivity index (χ2v) is 11.8. The molecule has 1 unspecified atom stereocenters. The zero-order valence-electron chi connectivity index (χ0n) is 23.4. The Balaban J connectivity index is 0.989. The molecule has 0 radical (unpaired) electrons. The molecule has 4 aromatic rings. The summed E-state index contributed by atoms with van der Waals surface area (Å²) in [4.78, 5) is 21.1. The lowest BCUT2D eigenvalue weighted by molar-refractivity contribution is 0.121. The van der Waals surface area contributed by atoms with Gasteiger partial charge in [-0.3, -0.25) is 0 Å². The molecule has 7 rings (SSSR count). The number of nitrogens with zero attached hydrogens (tertiary/aromatic N) is 7. The first-order chi connectivity index (χ1) is 20.3. The van der Waals surface area contributed by atoms with Crippen LogP contribution in [0.15, 0.2) is 54.7 Å². The zero-order valence-corrected chi connectivity index (χ0v) is 23.4. The number of benzene rings is 1. The smallest absolute Gasteiger partial charge is 0.318 e. The van der Waals surface area contributed by atoms with Crippen molar-refractivity contribution in [2.45, 2.75) is 49.7 Å². The molecule has 3 aliphatic rings. The van der Waals surface area contributed by atoms with Crippen molar-refractivity contribution in [3.63, 3.8) is 0 Å². The van der Waals surface area contributed by atoms with Gasteiger partial charge in [0.1, 0.15) is 11.9 Å². The summed E-state index contributed by atoms with van der Waals surface area (Å²) >= 11 is 0. The van der Waals surface area contributed by atoms with Crippen LogP contribution >= 0.6 is 0 Å². The van der Waals surface area contributed by atoms with Gasteiger partial charge in [0, 0.05) is 25.0 Å². The molecule has 2 N–H and O–H groups in total. The number of halogens is 1. The lowest BCUT2D eigenvalue weighted by Crippen LogP contribution is -2.52. The SMILES string of the molecule is Cc1cc(OCC2(c3ccccc3)CC2)cn2nc(C(O)CN3CC4(CCN(c5ccc(F)nn5)CC4)NC3=O)nc12. The topological polar surface area (TPSA) is 121 Å². The van der Waals surface area contributed by atoms with Gasteiger partial charge in [0.25, 0.3) is 0 Å². The van der Waals surface area contributed by atoms with Crippen LogP contribution in [0.4, 0.5) is 15.0 Å². The van der Waals surface area contributed by atoms with Crippen LogP contribution in [0.1, 0.15) is 48.7 Å². The van der Waals surface area contributed by atoms with Gasteiger partial charge in [-0.2, -0.15) is 4.39 Å². The average molecular weight is 573 g/mol. The summed E-state index contributed by atoms with van der Waals surface area (Å²) in [6.07, 6.45) is 4.35. The number of aryl methyl sites for hydroxylation is 1. The van der Waals surface area contributed by atoms with E-state index in [1.54, 1.807) is 21.7 Å². The van der Waals surface area contributed by atoms with Crippen molar-refractivity contribution in [1.82, 2.24) is 35.0 Å². The van der Waals surface area contributed by atoms with Gasteiger partial charge in [-0.05, 0) is 61.9 Å². The number of aliphatic hydroxyl groups excluding tert-OH is 1. The van der Waals surface area contributed by atoms with Gasteiger partial charge in [-0.15, -0.1) is 15.3 Å². The molecule has 1 spiro atoms. The Kier molecular flexibility index (Phi) is 6.45. The van der Waals surface area contributed by atoms with E-state index in [9.17, 15) is 14.3 Å². The molecular weight excluding hydrogens is 539 g/mol. The van der Waals surface area contributed by atoms with E-state index in [0.29, 0.717) is 56.3 Å². The Hall–Kier alpha value is -4.32. The Morgan fingerprint density at radius 3 is 2.60 bits per heavy atom. The van der Waals surface area contributed by atoms with E-state index < -0.39 is 17.6 Å². The minimum Gasteiger partial charge on any atom is -0.491 e. The molecular formula is C30H33FN8O3. The van der Waals surface area contributed by atoms with Gasteiger partial charge < -0.3 is 25.0 Å². The number of fused-ring (bicyclic) bond motifs is 1. The summed E-state index contributed by atoms with van der Waals surface area (Å²) in [5.74, 6) is 0.968. The van der Waals surface area contributed by atoms with Crippen molar-refractivity contribution in [2.75, 3.05) is 37.7 Å². The van der Waals surface area contributed by atoms with E-state index in [-0.39, 0.29) is 23.8 Å². The van der Waals surface area contributed by atoms with E-state index in [1.165, 1.54) is 11.6 Å². The van der Waals surface area contributed by atoms with Gasteiger partial charge in [0.05, 0.1) is 24.9 Å². The summed E-state index contributed by atoms with van der Waals surface area (Å²) in [6, 6.07) is 15.1. The van der Waals surface area contributed by atoms with E-state index in [0.717, 1.165) is 18.4 Å². The highest BCUT2D eigenvalue weighted by atomic mass is 19.1. The Bertz CT molecular complexity index is 1600. The first kappa shape index (κ1) is 26.6. The summed E-state index contributed by atoms with van der Waals surface area (Å²) in [5.41, 5.74) is 2.49. The fourth-order valence-corrected chi connectivity index (χ4v) is 6.18. The van der Waals surface area contributed by atoms with Gasteiger partial charge in [0.2, 0.25) is 5.95 Å². The molecule has 1 aliphatic carbocycles. The Morgan fingerprint density at radius 2 is 1.88 bits per heavy atom. The van der Waals surface area contributed by atoms with Gasteiger partial charge in [-0.25, -0.2) is 14.3 Å². The summed E-state index contributed by atoms with van der Waals surface area (Å²) in [5, 5.41) is 26.2. The number of amides is 2. The minimum absolute atomic E-state index is 0.0627. The lowest BCUT2D eigenvalue weighted by atomic mass is 9.88. The normalized spacial score (nSPS) is 19.7. The average Bonchev–Trinajstić information content (AvgIpc) is 3.57. The fourth-order valence-electron chi connectivity index (χ4n) is 6.18. The number of ether oxygens (including phenoxy) is 1. The number of piperidine rings is 1. The lowest BCUT2D eigenvalue weighted by Gasteiger charge is -2.39. The predicted molar refractivity (Wildman–Crippen MR) is 152 cm³/mol. The number of aromatic nitrogens is 5. The zero-order chi connectivity index (χ0) is 28.9. The van der Waals surface area contributed by atoms with E-state index >= 15 is 0 Å². The van der Waals surface area contributed by atoms with Gasteiger partial charge in [-0.1, -0.05) is 30.3 Å².